The number of piperazine rings is 1. The topological polar surface area (TPSA) is 77.9 Å². The van der Waals surface area contributed by atoms with Crippen molar-refractivity contribution >= 4 is 22.7 Å². The van der Waals surface area contributed by atoms with E-state index in [-0.39, 0.29) is 0 Å². The van der Waals surface area contributed by atoms with E-state index in [1.807, 2.05) is 0 Å². The number of hydrogen-bond donors (Lipinski definition) is 2. The summed E-state index contributed by atoms with van der Waals surface area (Å²) in [5, 5.41) is 13.5. The zero-order chi connectivity index (χ0) is 18.8. The maximum atomic E-state index is 11.3. The van der Waals surface area contributed by atoms with Crippen molar-refractivity contribution in [1.82, 2.24) is 15.2 Å². The molecule has 3 heterocycles. The summed E-state index contributed by atoms with van der Waals surface area (Å²) in [5.74, 6) is 0.210. The van der Waals surface area contributed by atoms with Crippen molar-refractivity contribution in [3.63, 3.8) is 0 Å². The lowest BCUT2D eigenvalue weighted by atomic mass is 10.1. The molecule has 2 aromatic rings. The van der Waals surface area contributed by atoms with Crippen LogP contribution in [0.5, 0.6) is 0 Å². The molecule has 1 aromatic carbocycles. The van der Waals surface area contributed by atoms with E-state index >= 15 is 0 Å². The van der Waals surface area contributed by atoms with Crippen LogP contribution in [-0.4, -0.2) is 72.9 Å². The molecule has 0 spiro atoms. The molecule has 2 saturated heterocycles. The molecular weight excluding hydrogens is 344 g/mol. The Bertz CT molecular complexity index is 835. The monoisotopic (exact) mass is 370 g/mol. The van der Waals surface area contributed by atoms with Crippen molar-refractivity contribution < 1.29 is 14.6 Å². The number of rotatable bonds is 4. The van der Waals surface area contributed by atoms with Crippen molar-refractivity contribution in [3.8, 4) is 0 Å². The second kappa shape index (κ2) is 7.80. The van der Waals surface area contributed by atoms with E-state index in [0.717, 1.165) is 41.9 Å². The van der Waals surface area contributed by atoms with Gasteiger partial charge >= 0.3 is 5.97 Å². The Morgan fingerprint density at radius 1 is 1.30 bits per heavy atom. The van der Waals surface area contributed by atoms with Crippen LogP contribution in [0.4, 0.5) is 5.82 Å². The molecule has 144 valence electrons. The Kier molecular flexibility index (Phi) is 5.24. The number of carboxylic acids is 1. The van der Waals surface area contributed by atoms with Crippen molar-refractivity contribution in [2.24, 2.45) is 0 Å². The number of aromatic nitrogens is 1. The number of pyridine rings is 1. The van der Waals surface area contributed by atoms with Gasteiger partial charge in [0.05, 0.1) is 18.7 Å². The molecule has 0 radical (unpaired) electrons. The van der Waals surface area contributed by atoms with Crippen molar-refractivity contribution in [2.75, 3.05) is 50.8 Å². The molecule has 0 saturated carbocycles. The number of aryl methyl sites for hydroxylation is 1. The van der Waals surface area contributed by atoms with Gasteiger partial charge in [0.1, 0.15) is 11.9 Å². The summed E-state index contributed by atoms with van der Waals surface area (Å²) < 4.78 is 5.50. The normalized spacial score (nSPS) is 21.5. The van der Waals surface area contributed by atoms with E-state index in [4.69, 9.17) is 9.72 Å². The fourth-order valence-corrected chi connectivity index (χ4v) is 3.84. The van der Waals surface area contributed by atoms with Crippen molar-refractivity contribution in [3.05, 3.63) is 35.4 Å². The van der Waals surface area contributed by atoms with Gasteiger partial charge in [0.2, 0.25) is 0 Å². The summed E-state index contributed by atoms with van der Waals surface area (Å²) in [5.41, 5.74) is 3.35. The van der Waals surface area contributed by atoms with E-state index in [0.29, 0.717) is 32.8 Å². The van der Waals surface area contributed by atoms with Crippen LogP contribution in [0.2, 0.25) is 0 Å². The minimum atomic E-state index is -0.791. The van der Waals surface area contributed by atoms with E-state index in [1.165, 1.54) is 5.56 Å². The Morgan fingerprint density at radius 3 is 2.89 bits per heavy atom. The number of carboxylic acid groups (broad SMARTS) is 1. The first-order chi connectivity index (χ1) is 13.1. The third-order valence-electron chi connectivity index (χ3n) is 5.29. The zero-order valence-electron chi connectivity index (χ0n) is 15.6. The first-order valence-corrected chi connectivity index (χ1v) is 9.52. The molecule has 4 rings (SSSR count). The molecule has 2 fully saturated rings. The largest absolute Gasteiger partial charge is 0.480 e. The summed E-state index contributed by atoms with van der Waals surface area (Å²) in [6.07, 6.45) is 0. The molecule has 2 N–H and O–H groups in total. The Morgan fingerprint density at radius 2 is 2.11 bits per heavy atom. The van der Waals surface area contributed by atoms with Crippen LogP contribution in [0.1, 0.15) is 11.1 Å². The number of hydrogen-bond acceptors (Lipinski definition) is 6. The molecule has 0 amide bonds. The number of benzene rings is 1. The van der Waals surface area contributed by atoms with Crippen LogP contribution < -0.4 is 10.2 Å². The molecule has 1 aromatic heterocycles. The van der Waals surface area contributed by atoms with Gasteiger partial charge in [-0.3, -0.25) is 9.69 Å². The molecule has 0 aliphatic carbocycles. The van der Waals surface area contributed by atoms with Gasteiger partial charge in [-0.05, 0) is 24.6 Å². The van der Waals surface area contributed by atoms with Crippen LogP contribution in [-0.2, 0) is 16.1 Å². The van der Waals surface area contributed by atoms with E-state index < -0.39 is 12.0 Å². The highest BCUT2D eigenvalue weighted by atomic mass is 16.5. The fourth-order valence-electron chi connectivity index (χ4n) is 3.84. The van der Waals surface area contributed by atoms with E-state index in [9.17, 15) is 9.90 Å². The highest BCUT2D eigenvalue weighted by molar-refractivity contribution is 5.82. The molecule has 2 aliphatic rings. The average Bonchev–Trinajstić information content (AvgIpc) is 2.68. The average molecular weight is 370 g/mol. The molecular formula is C20H26N4O3. The highest BCUT2D eigenvalue weighted by Gasteiger charge is 2.26. The predicted molar refractivity (Wildman–Crippen MR) is 104 cm³/mol. The van der Waals surface area contributed by atoms with Crippen LogP contribution in [0, 0.1) is 6.92 Å². The molecule has 2 aliphatic heterocycles. The smallest absolute Gasteiger partial charge is 0.322 e. The molecule has 7 heteroatoms. The van der Waals surface area contributed by atoms with Crippen LogP contribution in [0.15, 0.2) is 24.3 Å². The number of anilines is 1. The molecule has 1 atom stereocenters. The lowest BCUT2D eigenvalue weighted by Gasteiger charge is -2.34. The molecule has 7 nitrogen and oxygen atoms in total. The number of aliphatic carboxylic acids is 1. The van der Waals surface area contributed by atoms with Gasteiger partial charge in [-0.25, -0.2) is 4.98 Å². The second-order valence-corrected chi connectivity index (χ2v) is 7.35. The number of nitrogens with zero attached hydrogens (tertiary/aromatic N) is 3. The SMILES string of the molecule is Cc1ccc2cc(CN3CCNC(C(=O)O)C3)c(N3CCOCC3)nc2c1. The van der Waals surface area contributed by atoms with Gasteiger partial charge < -0.3 is 20.1 Å². The van der Waals surface area contributed by atoms with Gasteiger partial charge in [-0.1, -0.05) is 12.1 Å². The van der Waals surface area contributed by atoms with Gasteiger partial charge in [0.15, 0.2) is 0 Å². The predicted octanol–water partition coefficient (Wildman–Crippen LogP) is 1.24. The quantitative estimate of drug-likeness (QED) is 0.838. The first kappa shape index (κ1) is 18.2. The van der Waals surface area contributed by atoms with Crippen LogP contribution >= 0.6 is 0 Å². The maximum absolute atomic E-state index is 11.3. The molecule has 27 heavy (non-hydrogen) atoms. The number of fused-ring (bicyclic) bond motifs is 1. The first-order valence-electron chi connectivity index (χ1n) is 9.52. The van der Waals surface area contributed by atoms with Gasteiger partial charge in [0.25, 0.3) is 0 Å². The number of morpholine rings is 1. The number of nitrogens with one attached hydrogen (secondary N) is 1. The lowest BCUT2D eigenvalue weighted by Crippen LogP contribution is -2.53. The number of carbonyl (C=O) groups is 1. The van der Waals surface area contributed by atoms with Crippen LogP contribution in [0.25, 0.3) is 10.9 Å². The summed E-state index contributed by atoms with van der Waals surface area (Å²) in [6.45, 7) is 7.88. The van der Waals surface area contributed by atoms with E-state index in [1.54, 1.807) is 0 Å². The van der Waals surface area contributed by atoms with E-state index in [2.05, 4.69) is 46.3 Å². The van der Waals surface area contributed by atoms with Gasteiger partial charge in [-0.2, -0.15) is 0 Å². The maximum Gasteiger partial charge on any atom is 0.322 e. The minimum Gasteiger partial charge on any atom is -0.480 e. The third kappa shape index (κ3) is 4.05. The second-order valence-electron chi connectivity index (χ2n) is 7.35. The fraction of sp³-hybridized carbons (Fsp3) is 0.500. The van der Waals surface area contributed by atoms with Gasteiger partial charge in [-0.15, -0.1) is 0 Å². The third-order valence-corrected chi connectivity index (χ3v) is 5.29. The standard InChI is InChI=1S/C20H26N4O3/c1-14-2-3-15-11-16(12-23-5-4-21-18(13-23)20(25)26)19(22-17(15)10-14)24-6-8-27-9-7-24/h2-3,10-11,18,21H,4-9,12-13H2,1H3,(H,25,26). The van der Waals surface area contributed by atoms with Crippen molar-refractivity contribution in [2.45, 2.75) is 19.5 Å². The number of ether oxygens (including phenoxy) is 1. The van der Waals surface area contributed by atoms with Crippen LogP contribution in [0.3, 0.4) is 0 Å². The lowest BCUT2D eigenvalue weighted by molar-refractivity contribution is -0.140. The Labute approximate surface area is 158 Å². The highest BCUT2D eigenvalue weighted by Crippen LogP contribution is 2.26. The summed E-state index contributed by atoms with van der Waals surface area (Å²) >= 11 is 0. The summed E-state index contributed by atoms with van der Waals surface area (Å²) in [6, 6.07) is 8.04. The Hall–Kier alpha value is -2.22. The zero-order valence-corrected chi connectivity index (χ0v) is 15.6. The Balaban J connectivity index is 1.66. The summed E-state index contributed by atoms with van der Waals surface area (Å²) in [7, 11) is 0. The molecule has 0 bridgehead atoms. The molecule has 1 unspecified atom stereocenters. The van der Waals surface area contributed by atoms with Gasteiger partial charge in [0, 0.05) is 50.2 Å². The summed E-state index contributed by atoms with van der Waals surface area (Å²) in [4.78, 5) is 20.8. The minimum absolute atomic E-state index is 0.504. The van der Waals surface area contributed by atoms with Crippen molar-refractivity contribution in [1.29, 1.82) is 0 Å².